The summed E-state index contributed by atoms with van der Waals surface area (Å²) in [4.78, 5) is 26.9. The molecule has 2 aromatic heterocycles. The number of benzene rings is 2. The molecule has 0 unspecified atom stereocenters. The number of aromatic amines is 1. The van der Waals surface area contributed by atoms with Crippen LogP contribution in [0.15, 0.2) is 60.8 Å². The fourth-order valence-corrected chi connectivity index (χ4v) is 4.24. The van der Waals surface area contributed by atoms with Crippen LogP contribution < -0.4 is 15.4 Å². The van der Waals surface area contributed by atoms with E-state index >= 15 is 0 Å². The molecule has 0 spiro atoms. The number of hydrogen-bond acceptors (Lipinski definition) is 7. The third kappa shape index (κ3) is 5.84. The normalized spacial score (nSPS) is 14.1. The maximum atomic E-state index is 11.0. The fraction of sp³-hybridized carbons (Fsp3) is 0.269. The zero-order valence-electron chi connectivity index (χ0n) is 20.1. The Hall–Kier alpha value is -4.31. The Morgan fingerprint density at radius 2 is 1.89 bits per heavy atom. The summed E-state index contributed by atoms with van der Waals surface area (Å²) in [5.41, 5.74) is 4.00. The maximum absolute atomic E-state index is 11.0. The monoisotopic (exact) mass is 487 g/mol. The van der Waals surface area contributed by atoms with Gasteiger partial charge in [0, 0.05) is 73.0 Å². The third-order valence-corrected chi connectivity index (χ3v) is 6.09. The molecule has 0 aliphatic carbocycles. The van der Waals surface area contributed by atoms with Gasteiger partial charge >= 0.3 is 6.09 Å². The molecule has 0 bridgehead atoms. The van der Waals surface area contributed by atoms with Crippen molar-refractivity contribution >= 4 is 40.1 Å². The van der Waals surface area contributed by atoms with Crippen molar-refractivity contribution in [1.82, 2.24) is 24.8 Å². The number of carboxylic acid groups (broad SMARTS) is 1. The number of anilines is 4. The molecule has 3 heterocycles. The van der Waals surface area contributed by atoms with Gasteiger partial charge in [-0.3, -0.25) is 4.90 Å². The molecule has 4 N–H and O–H groups in total. The molecule has 0 saturated carbocycles. The summed E-state index contributed by atoms with van der Waals surface area (Å²) < 4.78 is 5.93. The Balaban J connectivity index is 1.15. The lowest BCUT2D eigenvalue weighted by Gasteiger charge is -2.32. The average molecular weight is 488 g/mol. The summed E-state index contributed by atoms with van der Waals surface area (Å²) in [6.45, 7) is 5.82. The Bertz CT molecular complexity index is 1350. The van der Waals surface area contributed by atoms with E-state index in [0.29, 0.717) is 31.5 Å². The van der Waals surface area contributed by atoms with Crippen LogP contribution in [0.5, 0.6) is 5.75 Å². The van der Waals surface area contributed by atoms with Crippen molar-refractivity contribution in [3.63, 3.8) is 0 Å². The van der Waals surface area contributed by atoms with Crippen LogP contribution in [0.1, 0.15) is 5.69 Å². The smallest absolute Gasteiger partial charge is 0.407 e. The van der Waals surface area contributed by atoms with Crippen LogP contribution in [0, 0.1) is 6.92 Å². The molecule has 4 aromatic rings. The molecule has 10 nitrogen and oxygen atoms in total. The highest BCUT2D eigenvalue weighted by molar-refractivity contribution is 5.84. The number of rotatable bonds is 8. The molecule has 10 heteroatoms. The molecular formula is C26H29N7O3. The molecule has 1 fully saturated rings. The van der Waals surface area contributed by atoms with Crippen LogP contribution in [-0.2, 0) is 0 Å². The van der Waals surface area contributed by atoms with Gasteiger partial charge < -0.3 is 30.4 Å². The predicted octanol–water partition coefficient (Wildman–Crippen LogP) is 4.43. The molecule has 36 heavy (non-hydrogen) atoms. The highest BCUT2D eigenvalue weighted by Crippen LogP contribution is 2.24. The number of carbonyl (C=O) groups is 1. The van der Waals surface area contributed by atoms with E-state index in [-0.39, 0.29) is 0 Å². The van der Waals surface area contributed by atoms with E-state index in [4.69, 9.17) is 9.84 Å². The Morgan fingerprint density at radius 1 is 1.06 bits per heavy atom. The van der Waals surface area contributed by atoms with Gasteiger partial charge in [0.05, 0.1) is 0 Å². The lowest BCUT2D eigenvalue weighted by Crippen LogP contribution is -2.49. The van der Waals surface area contributed by atoms with Crippen molar-refractivity contribution in [3.05, 3.63) is 66.5 Å². The number of amides is 1. The van der Waals surface area contributed by atoms with Gasteiger partial charge in [0.1, 0.15) is 18.2 Å². The molecule has 0 radical (unpaired) electrons. The number of nitrogens with one attached hydrogen (secondary N) is 3. The summed E-state index contributed by atoms with van der Waals surface area (Å²) in [6, 6.07) is 17.8. The van der Waals surface area contributed by atoms with Crippen molar-refractivity contribution in [2.45, 2.75) is 6.92 Å². The van der Waals surface area contributed by atoms with Crippen molar-refractivity contribution in [1.29, 1.82) is 0 Å². The van der Waals surface area contributed by atoms with E-state index in [0.717, 1.165) is 53.4 Å². The minimum absolute atomic E-state index is 0.479. The quantitative estimate of drug-likeness (QED) is 0.288. The van der Waals surface area contributed by atoms with Crippen molar-refractivity contribution < 1.29 is 14.6 Å². The summed E-state index contributed by atoms with van der Waals surface area (Å²) in [5, 5.41) is 16.8. The van der Waals surface area contributed by atoms with Crippen LogP contribution in [0.25, 0.3) is 10.9 Å². The van der Waals surface area contributed by atoms with E-state index in [2.05, 4.69) is 42.6 Å². The lowest BCUT2D eigenvalue weighted by atomic mass is 10.2. The second-order valence-corrected chi connectivity index (χ2v) is 8.76. The SMILES string of the molecule is Cc1cc2cc(Nc3ccnc(Nc4cccc(OCCN5CCN(C(=O)O)CC5)c4)n3)ccc2[nH]1. The number of hydrogen-bond donors (Lipinski definition) is 4. The molecule has 1 saturated heterocycles. The molecule has 1 aliphatic rings. The fourth-order valence-electron chi connectivity index (χ4n) is 4.24. The first kappa shape index (κ1) is 23.4. The topological polar surface area (TPSA) is 119 Å². The van der Waals surface area contributed by atoms with Gasteiger partial charge in [-0.15, -0.1) is 0 Å². The molecule has 186 valence electrons. The van der Waals surface area contributed by atoms with Gasteiger partial charge in [0.2, 0.25) is 5.95 Å². The lowest BCUT2D eigenvalue weighted by molar-refractivity contribution is 0.0985. The number of aryl methyl sites for hydroxylation is 1. The summed E-state index contributed by atoms with van der Waals surface area (Å²) in [5.74, 6) is 1.91. The standard InChI is InChI=1S/C26H29N7O3/c1-18-15-19-16-21(5-6-23(19)28-18)29-24-7-8-27-25(31-24)30-20-3-2-4-22(17-20)36-14-13-32-9-11-33(12-10-32)26(34)35/h2-8,15-17,28H,9-14H2,1H3,(H,34,35)(H2,27,29,30,31). The molecule has 1 amide bonds. The first-order valence-corrected chi connectivity index (χ1v) is 11.9. The van der Waals surface area contributed by atoms with Crippen molar-refractivity contribution in [2.75, 3.05) is 50.0 Å². The van der Waals surface area contributed by atoms with Gasteiger partial charge in [-0.05, 0) is 49.4 Å². The van der Waals surface area contributed by atoms with Gasteiger partial charge in [-0.2, -0.15) is 4.98 Å². The van der Waals surface area contributed by atoms with Crippen LogP contribution in [0.2, 0.25) is 0 Å². The molecule has 5 rings (SSSR count). The third-order valence-electron chi connectivity index (χ3n) is 6.09. The van der Waals surface area contributed by atoms with Gasteiger partial charge in [-0.1, -0.05) is 6.07 Å². The summed E-state index contributed by atoms with van der Waals surface area (Å²) >= 11 is 0. The zero-order valence-corrected chi connectivity index (χ0v) is 20.1. The van der Waals surface area contributed by atoms with Crippen LogP contribution in [0.4, 0.5) is 27.9 Å². The summed E-state index contributed by atoms with van der Waals surface area (Å²) in [6.07, 6.45) is 0.856. The van der Waals surface area contributed by atoms with Crippen LogP contribution in [0.3, 0.4) is 0 Å². The van der Waals surface area contributed by atoms with E-state index in [1.54, 1.807) is 6.20 Å². The number of H-pyrrole nitrogens is 1. The number of piperazine rings is 1. The minimum atomic E-state index is -0.853. The van der Waals surface area contributed by atoms with E-state index in [1.807, 2.05) is 49.4 Å². The largest absolute Gasteiger partial charge is 0.492 e. The number of nitrogens with zero attached hydrogens (tertiary/aromatic N) is 4. The molecular weight excluding hydrogens is 458 g/mol. The van der Waals surface area contributed by atoms with Crippen LogP contribution in [-0.4, -0.2) is 75.3 Å². The van der Waals surface area contributed by atoms with Crippen molar-refractivity contribution in [3.8, 4) is 5.75 Å². The van der Waals surface area contributed by atoms with Crippen LogP contribution >= 0.6 is 0 Å². The highest BCUT2D eigenvalue weighted by atomic mass is 16.5. The Kier molecular flexibility index (Phi) is 6.85. The predicted molar refractivity (Wildman–Crippen MR) is 140 cm³/mol. The first-order valence-electron chi connectivity index (χ1n) is 11.9. The molecule has 0 atom stereocenters. The zero-order chi connectivity index (χ0) is 24.9. The first-order chi connectivity index (χ1) is 17.5. The number of aromatic nitrogens is 3. The second-order valence-electron chi connectivity index (χ2n) is 8.76. The average Bonchev–Trinajstić information content (AvgIpc) is 3.24. The molecule has 1 aliphatic heterocycles. The minimum Gasteiger partial charge on any atom is -0.492 e. The Morgan fingerprint density at radius 3 is 2.72 bits per heavy atom. The number of ether oxygens (including phenoxy) is 1. The van der Waals surface area contributed by atoms with E-state index < -0.39 is 6.09 Å². The van der Waals surface area contributed by atoms with Gasteiger partial charge in [0.25, 0.3) is 0 Å². The maximum Gasteiger partial charge on any atom is 0.407 e. The van der Waals surface area contributed by atoms with Gasteiger partial charge in [-0.25, -0.2) is 9.78 Å². The Labute approximate surface area is 208 Å². The van der Waals surface area contributed by atoms with Crippen molar-refractivity contribution in [2.24, 2.45) is 0 Å². The van der Waals surface area contributed by atoms with Gasteiger partial charge in [0.15, 0.2) is 0 Å². The number of fused-ring (bicyclic) bond motifs is 1. The molecule has 2 aromatic carbocycles. The van der Waals surface area contributed by atoms with E-state index in [9.17, 15) is 4.79 Å². The van der Waals surface area contributed by atoms with E-state index in [1.165, 1.54) is 4.90 Å². The summed E-state index contributed by atoms with van der Waals surface area (Å²) in [7, 11) is 0. The second kappa shape index (κ2) is 10.5. The highest BCUT2D eigenvalue weighted by Gasteiger charge is 2.19.